The zero-order chi connectivity index (χ0) is 14.8. The third-order valence-electron chi connectivity index (χ3n) is 3.94. The van der Waals surface area contributed by atoms with Gasteiger partial charge < -0.3 is 5.32 Å². The van der Waals surface area contributed by atoms with Crippen molar-refractivity contribution in [2.24, 2.45) is 0 Å². The Morgan fingerprint density at radius 3 is 2.43 bits per heavy atom. The number of nitrogens with zero attached hydrogens (tertiary/aromatic N) is 2. The molecule has 0 aliphatic heterocycles. The summed E-state index contributed by atoms with van der Waals surface area (Å²) in [6, 6.07) is 8.66. The van der Waals surface area contributed by atoms with Crippen molar-refractivity contribution in [1.29, 1.82) is 0 Å². The third-order valence-corrected chi connectivity index (χ3v) is 4.31. The van der Waals surface area contributed by atoms with Gasteiger partial charge in [0.1, 0.15) is 16.8 Å². The molecule has 1 aliphatic carbocycles. The molecule has 0 unspecified atom stereocenters. The van der Waals surface area contributed by atoms with E-state index < -0.39 is 0 Å². The van der Waals surface area contributed by atoms with Gasteiger partial charge in [-0.3, -0.25) is 0 Å². The van der Waals surface area contributed by atoms with E-state index in [1.165, 1.54) is 24.0 Å². The summed E-state index contributed by atoms with van der Waals surface area (Å²) in [6.45, 7) is 4.88. The van der Waals surface area contributed by atoms with Crippen LogP contribution in [0.1, 0.15) is 48.2 Å². The van der Waals surface area contributed by atoms with Crippen LogP contribution in [0.2, 0.25) is 5.15 Å². The van der Waals surface area contributed by atoms with E-state index in [0.29, 0.717) is 11.1 Å². The second-order valence-corrected chi connectivity index (χ2v) is 6.00. The topological polar surface area (TPSA) is 37.8 Å². The molecular formula is C17H20ClN3. The zero-order valence-corrected chi connectivity index (χ0v) is 13.2. The molecule has 3 nitrogen and oxygen atoms in total. The largest absolute Gasteiger partial charge is 0.366 e. The first-order valence-electron chi connectivity index (χ1n) is 7.53. The van der Waals surface area contributed by atoms with Gasteiger partial charge in [0.15, 0.2) is 0 Å². The number of benzene rings is 1. The third kappa shape index (κ3) is 3.35. The molecule has 1 aromatic carbocycles. The van der Waals surface area contributed by atoms with Crippen LogP contribution in [0.15, 0.2) is 24.3 Å². The highest BCUT2D eigenvalue weighted by atomic mass is 35.5. The summed E-state index contributed by atoms with van der Waals surface area (Å²) in [4.78, 5) is 9.02. The Morgan fingerprint density at radius 2 is 1.81 bits per heavy atom. The fourth-order valence-corrected chi connectivity index (χ4v) is 2.46. The van der Waals surface area contributed by atoms with Crippen molar-refractivity contribution >= 4 is 17.4 Å². The van der Waals surface area contributed by atoms with Crippen LogP contribution < -0.4 is 5.32 Å². The predicted octanol–water partition coefficient (Wildman–Crippen LogP) is 4.49. The first kappa shape index (κ1) is 14.3. The van der Waals surface area contributed by atoms with Gasteiger partial charge in [0, 0.05) is 18.0 Å². The summed E-state index contributed by atoms with van der Waals surface area (Å²) in [5.74, 6) is 2.25. The van der Waals surface area contributed by atoms with Gasteiger partial charge in [-0.2, -0.15) is 0 Å². The van der Waals surface area contributed by atoms with Gasteiger partial charge in [-0.1, -0.05) is 42.8 Å². The second kappa shape index (κ2) is 6.02. The van der Waals surface area contributed by atoms with E-state index in [1.54, 1.807) is 0 Å². The van der Waals surface area contributed by atoms with Crippen molar-refractivity contribution in [3.8, 4) is 0 Å². The molecule has 21 heavy (non-hydrogen) atoms. The van der Waals surface area contributed by atoms with Gasteiger partial charge in [-0.05, 0) is 37.3 Å². The van der Waals surface area contributed by atoms with Crippen LogP contribution in [0.25, 0.3) is 0 Å². The summed E-state index contributed by atoms with van der Waals surface area (Å²) in [5, 5.41) is 3.96. The number of hydrogen-bond acceptors (Lipinski definition) is 3. The summed E-state index contributed by atoms with van der Waals surface area (Å²) in [5.41, 5.74) is 3.52. The minimum Gasteiger partial charge on any atom is -0.366 e. The lowest BCUT2D eigenvalue weighted by atomic mass is 10.1. The van der Waals surface area contributed by atoms with Crippen LogP contribution in [-0.4, -0.2) is 9.97 Å². The molecule has 4 heteroatoms. The summed E-state index contributed by atoms with van der Waals surface area (Å²) in [7, 11) is 0. The van der Waals surface area contributed by atoms with Crippen molar-refractivity contribution in [3.05, 3.63) is 51.9 Å². The minimum atomic E-state index is 0.507. The average Bonchev–Trinajstić information content (AvgIpc) is 3.34. The molecule has 3 rings (SSSR count). The minimum absolute atomic E-state index is 0.507. The zero-order valence-electron chi connectivity index (χ0n) is 12.5. The Labute approximate surface area is 130 Å². The Hall–Kier alpha value is -1.61. The normalized spacial score (nSPS) is 14.2. The monoisotopic (exact) mass is 301 g/mol. The van der Waals surface area contributed by atoms with E-state index in [0.717, 1.165) is 30.2 Å². The van der Waals surface area contributed by atoms with Gasteiger partial charge in [-0.15, -0.1) is 0 Å². The van der Waals surface area contributed by atoms with E-state index in [9.17, 15) is 0 Å². The predicted molar refractivity (Wildman–Crippen MR) is 86.9 cm³/mol. The first-order valence-corrected chi connectivity index (χ1v) is 7.91. The summed E-state index contributed by atoms with van der Waals surface area (Å²) >= 11 is 6.22. The molecule has 1 N–H and O–H groups in total. The van der Waals surface area contributed by atoms with E-state index >= 15 is 0 Å². The molecule has 0 spiro atoms. The fraction of sp³-hybridized carbons (Fsp3) is 0.412. The Morgan fingerprint density at radius 1 is 1.14 bits per heavy atom. The highest BCUT2D eigenvalue weighted by Gasteiger charge is 2.27. The number of aryl methyl sites for hydroxylation is 1. The first-order chi connectivity index (χ1) is 10.2. The number of halogens is 1. The standard InChI is InChI=1S/C17H20ClN3/c1-3-12-4-6-13(7-5-12)10-19-16-11(2)15(18)20-17(21-16)14-8-9-14/h4-7,14H,3,8-10H2,1-2H3,(H,19,20,21). The number of rotatable bonds is 5. The van der Waals surface area contributed by atoms with Crippen molar-refractivity contribution in [3.63, 3.8) is 0 Å². The molecule has 0 atom stereocenters. The van der Waals surface area contributed by atoms with Crippen molar-refractivity contribution in [2.75, 3.05) is 5.32 Å². The SMILES string of the molecule is CCc1ccc(CNc2nc(C3CC3)nc(Cl)c2C)cc1. The van der Waals surface area contributed by atoms with Gasteiger partial charge in [0.2, 0.25) is 0 Å². The van der Waals surface area contributed by atoms with Crippen LogP contribution in [0.4, 0.5) is 5.82 Å². The Kier molecular flexibility index (Phi) is 4.11. The quantitative estimate of drug-likeness (QED) is 0.827. The van der Waals surface area contributed by atoms with Crippen LogP contribution in [0, 0.1) is 6.92 Å². The highest BCUT2D eigenvalue weighted by Crippen LogP contribution is 2.39. The molecule has 1 saturated carbocycles. The van der Waals surface area contributed by atoms with E-state index in [4.69, 9.17) is 11.6 Å². The molecule has 0 bridgehead atoms. The molecule has 1 aromatic heterocycles. The molecule has 1 aliphatic rings. The second-order valence-electron chi connectivity index (χ2n) is 5.64. The van der Waals surface area contributed by atoms with E-state index in [-0.39, 0.29) is 0 Å². The van der Waals surface area contributed by atoms with Gasteiger partial charge in [0.05, 0.1) is 0 Å². The fourth-order valence-electron chi connectivity index (χ4n) is 2.28. The molecule has 0 saturated heterocycles. The summed E-state index contributed by atoms with van der Waals surface area (Å²) in [6.07, 6.45) is 3.42. The van der Waals surface area contributed by atoms with E-state index in [1.807, 2.05) is 6.92 Å². The molecule has 0 amide bonds. The molecule has 0 radical (unpaired) electrons. The maximum Gasteiger partial charge on any atom is 0.137 e. The van der Waals surface area contributed by atoms with Crippen LogP contribution in [0.3, 0.4) is 0 Å². The number of aromatic nitrogens is 2. The maximum atomic E-state index is 6.22. The number of anilines is 1. The molecule has 1 fully saturated rings. The van der Waals surface area contributed by atoms with Crippen molar-refractivity contribution in [1.82, 2.24) is 9.97 Å². The van der Waals surface area contributed by atoms with Crippen molar-refractivity contribution < 1.29 is 0 Å². The highest BCUT2D eigenvalue weighted by molar-refractivity contribution is 6.30. The maximum absolute atomic E-state index is 6.22. The molecular weight excluding hydrogens is 282 g/mol. The average molecular weight is 302 g/mol. The van der Waals surface area contributed by atoms with Crippen LogP contribution in [0.5, 0.6) is 0 Å². The van der Waals surface area contributed by atoms with Gasteiger partial charge in [-0.25, -0.2) is 9.97 Å². The smallest absolute Gasteiger partial charge is 0.137 e. The summed E-state index contributed by atoms with van der Waals surface area (Å²) < 4.78 is 0. The van der Waals surface area contributed by atoms with Gasteiger partial charge in [0.25, 0.3) is 0 Å². The van der Waals surface area contributed by atoms with E-state index in [2.05, 4.69) is 46.5 Å². The number of hydrogen-bond donors (Lipinski definition) is 1. The molecule has 1 heterocycles. The lowest BCUT2D eigenvalue weighted by molar-refractivity contribution is 0.911. The lowest BCUT2D eigenvalue weighted by Gasteiger charge is -2.11. The van der Waals surface area contributed by atoms with Crippen LogP contribution in [-0.2, 0) is 13.0 Å². The molecule has 110 valence electrons. The Balaban J connectivity index is 1.74. The van der Waals surface area contributed by atoms with Gasteiger partial charge >= 0.3 is 0 Å². The Bertz CT molecular complexity index is 633. The molecule has 2 aromatic rings. The van der Waals surface area contributed by atoms with Crippen LogP contribution >= 0.6 is 11.6 Å². The van der Waals surface area contributed by atoms with Crippen molar-refractivity contribution in [2.45, 2.75) is 45.6 Å². The number of nitrogens with one attached hydrogen (secondary N) is 1. The lowest BCUT2D eigenvalue weighted by Crippen LogP contribution is -2.07.